The molecule has 4 heterocycles. The first-order valence-electron chi connectivity index (χ1n) is 13.2. The van der Waals surface area contributed by atoms with Crippen molar-refractivity contribution in [2.24, 2.45) is 0 Å². The molecule has 0 bridgehead atoms. The molecule has 198 valence electrons. The van der Waals surface area contributed by atoms with E-state index in [4.69, 9.17) is 0 Å². The number of fused-ring (bicyclic) bond motifs is 3. The van der Waals surface area contributed by atoms with Gasteiger partial charge in [-0.3, -0.25) is 24.2 Å². The Kier molecular flexibility index (Phi) is 6.67. The number of aromatic hydroxyl groups is 1. The summed E-state index contributed by atoms with van der Waals surface area (Å²) in [7, 11) is 2.13. The predicted octanol–water partition coefficient (Wildman–Crippen LogP) is 2.94. The number of amides is 1. The first kappa shape index (κ1) is 25.0. The quantitative estimate of drug-likeness (QED) is 0.555. The van der Waals surface area contributed by atoms with E-state index in [-0.39, 0.29) is 23.7 Å². The van der Waals surface area contributed by atoms with Crippen LogP contribution >= 0.6 is 11.8 Å². The van der Waals surface area contributed by atoms with E-state index in [9.17, 15) is 14.7 Å². The molecular weight excluding hydrogens is 498 g/mol. The van der Waals surface area contributed by atoms with Gasteiger partial charge in [-0.15, -0.1) is 11.8 Å². The van der Waals surface area contributed by atoms with Crippen LogP contribution in [0.1, 0.15) is 40.1 Å². The van der Waals surface area contributed by atoms with Crippen LogP contribution < -0.4 is 10.4 Å². The average Bonchev–Trinajstić information content (AvgIpc) is 3.09. The van der Waals surface area contributed by atoms with Crippen molar-refractivity contribution < 1.29 is 9.90 Å². The summed E-state index contributed by atoms with van der Waals surface area (Å²) in [6, 6.07) is 17.8. The highest BCUT2D eigenvalue weighted by molar-refractivity contribution is 7.98. The van der Waals surface area contributed by atoms with Gasteiger partial charge in [0.25, 0.3) is 5.91 Å². The van der Waals surface area contributed by atoms with Crippen LogP contribution in [-0.2, 0) is 5.75 Å². The third-order valence-corrected chi connectivity index (χ3v) is 9.12. The monoisotopic (exact) mass is 531 g/mol. The number of pyridine rings is 1. The van der Waals surface area contributed by atoms with Gasteiger partial charge in [-0.05, 0) is 36.7 Å². The molecule has 0 spiro atoms. The number of benzene rings is 2. The van der Waals surface area contributed by atoms with E-state index in [0.29, 0.717) is 6.67 Å². The molecule has 6 rings (SSSR count). The van der Waals surface area contributed by atoms with Crippen molar-refractivity contribution in [3.05, 3.63) is 93.4 Å². The Morgan fingerprint density at radius 1 is 0.974 bits per heavy atom. The number of carbonyl (C=O) groups excluding carboxylic acids is 1. The Morgan fingerprint density at radius 2 is 1.68 bits per heavy atom. The molecule has 1 N–H and O–H groups in total. The third-order valence-electron chi connectivity index (χ3n) is 7.99. The van der Waals surface area contributed by atoms with Crippen LogP contribution in [0, 0.1) is 0 Å². The Hall–Kier alpha value is -3.27. The summed E-state index contributed by atoms with van der Waals surface area (Å²) in [4.78, 5) is 34.1. The normalized spacial score (nSPS) is 20.9. The summed E-state index contributed by atoms with van der Waals surface area (Å²) >= 11 is 1.81. The summed E-state index contributed by atoms with van der Waals surface area (Å²) in [6.45, 7) is 7.04. The van der Waals surface area contributed by atoms with Gasteiger partial charge in [-0.2, -0.15) is 0 Å². The third kappa shape index (κ3) is 4.38. The number of thioether (sulfide) groups is 1. The van der Waals surface area contributed by atoms with Crippen molar-refractivity contribution >= 4 is 17.7 Å². The molecule has 2 aromatic carbocycles. The minimum atomic E-state index is -0.546. The van der Waals surface area contributed by atoms with Crippen molar-refractivity contribution in [2.75, 3.05) is 51.4 Å². The fraction of sp³-hybridized carbons (Fsp3) is 0.379. The Bertz CT molecular complexity index is 1370. The van der Waals surface area contributed by atoms with Gasteiger partial charge in [0.15, 0.2) is 11.4 Å². The van der Waals surface area contributed by atoms with E-state index in [0.717, 1.165) is 49.6 Å². The fourth-order valence-electron chi connectivity index (χ4n) is 5.82. The molecular formula is C29H33N5O3S. The maximum atomic E-state index is 13.9. The van der Waals surface area contributed by atoms with E-state index in [1.54, 1.807) is 10.9 Å². The van der Waals surface area contributed by atoms with Gasteiger partial charge < -0.3 is 14.9 Å². The van der Waals surface area contributed by atoms with Gasteiger partial charge in [-0.25, -0.2) is 0 Å². The highest BCUT2D eigenvalue weighted by Crippen LogP contribution is 2.42. The molecule has 3 aliphatic rings. The molecule has 0 aliphatic carbocycles. The molecule has 1 aromatic heterocycles. The van der Waals surface area contributed by atoms with E-state index in [1.165, 1.54) is 16.5 Å². The Morgan fingerprint density at radius 3 is 2.47 bits per heavy atom. The van der Waals surface area contributed by atoms with Gasteiger partial charge in [0.05, 0.1) is 6.04 Å². The van der Waals surface area contributed by atoms with E-state index in [2.05, 4.69) is 71.2 Å². The van der Waals surface area contributed by atoms with E-state index in [1.807, 2.05) is 22.7 Å². The average molecular weight is 532 g/mol. The summed E-state index contributed by atoms with van der Waals surface area (Å²) in [5.74, 6) is 0.0358. The lowest BCUT2D eigenvalue weighted by atomic mass is 9.94. The number of nitrogens with zero attached hydrogens (tertiary/aromatic N) is 5. The number of aromatic nitrogens is 1. The van der Waals surface area contributed by atoms with Crippen molar-refractivity contribution in [1.29, 1.82) is 0 Å². The molecule has 0 radical (unpaired) electrons. The van der Waals surface area contributed by atoms with Crippen LogP contribution in [0.4, 0.5) is 0 Å². The van der Waals surface area contributed by atoms with Crippen LogP contribution in [0.2, 0.25) is 0 Å². The molecule has 1 amide bonds. The van der Waals surface area contributed by atoms with Crippen LogP contribution in [-0.4, -0.2) is 82.9 Å². The maximum Gasteiger partial charge on any atom is 0.278 e. The molecule has 1 fully saturated rings. The molecule has 2 unspecified atom stereocenters. The summed E-state index contributed by atoms with van der Waals surface area (Å²) in [6.07, 6.45) is 1.63. The van der Waals surface area contributed by atoms with Gasteiger partial charge >= 0.3 is 0 Å². The molecule has 9 heteroatoms. The number of hydrogen-bond acceptors (Lipinski definition) is 7. The second-order valence-electron chi connectivity index (χ2n) is 10.5. The lowest BCUT2D eigenvalue weighted by Crippen LogP contribution is -2.60. The second-order valence-corrected chi connectivity index (χ2v) is 11.5. The van der Waals surface area contributed by atoms with Crippen LogP contribution in [0.15, 0.2) is 70.5 Å². The molecule has 2 atom stereocenters. The molecule has 0 saturated carbocycles. The van der Waals surface area contributed by atoms with Gasteiger partial charge in [0, 0.05) is 61.7 Å². The summed E-state index contributed by atoms with van der Waals surface area (Å²) < 4.78 is 1.70. The first-order chi connectivity index (χ1) is 18.4. The zero-order chi connectivity index (χ0) is 26.4. The highest BCUT2D eigenvalue weighted by atomic mass is 32.2. The molecule has 3 aliphatic heterocycles. The number of carbonyl (C=O) groups is 1. The Balaban J connectivity index is 1.46. The van der Waals surface area contributed by atoms with Gasteiger partial charge in [0.2, 0.25) is 5.43 Å². The lowest BCUT2D eigenvalue weighted by molar-refractivity contribution is 0.0520. The second kappa shape index (κ2) is 10.1. The molecule has 38 heavy (non-hydrogen) atoms. The summed E-state index contributed by atoms with van der Waals surface area (Å²) in [5.41, 5.74) is 3.03. The maximum absolute atomic E-state index is 13.9. The highest BCUT2D eigenvalue weighted by Gasteiger charge is 2.40. The standard InChI is InChI=1S/C29H33N5O3S/c1-20(17-31-15-13-30(2)14-16-31)32-19-34(33-12-11-24(35)28(36)27(33)29(32)37)26-22-8-4-3-7-21(22)18-38-25-10-6-5-9-23(25)26/h3-12,20,26,36H,13-19H2,1-2H3. The SMILES string of the molecule is CC(CN1CCN(C)CC1)N1CN(C2c3ccccc3CSc3ccccc32)n2ccc(=O)c(O)c2C1=O. The van der Waals surface area contributed by atoms with Crippen LogP contribution in [0.5, 0.6) is 5.75 Å². The number of hydrogen-bond donors (Lipinski definition) is 1. The number of likely N-dealkylation sites (N-methyl/N-ethyl adjacent to an activating group) is 1. The fourth-order valence-corrected chi connectivity index (χ4v) is 6.91. The number of piperazine rings is 1. The van der Waals surface area contributed by atoms with Crippen LogP contribution in [0.25, 0.3) is 0 Å². The van der Waals surface area contributed by atoms with Gasteiger partial charge in [-0.1, -0.05) is 42.5 Å². The van der Waals surface area contributed by atoms with Crippen molar-refractivity contribution in [3.63, 3.8) is 0 Å². The predicted molar refractivity (Wildman–Crippen MR) is 149 cm³/mol. The zero-order valence-corrected chi connectivity index (χ0v) is 22.6. The number of rotatable bonds is 4. The van der Waals surface area contributed by atoms with Gasteiger partial charge in [0.1, 0.15) is 6.67 Å². The van der Waals surface area contributed by atoms with Crippen molar-refractivity contribution in [3.8, 4) is 5.75 Å². The minimum Gasteiger partial charge on any atom is -0.502 e. The molecule has 8 nitrogen and oxygen atoms in total. The minimum absolute atomic E-state index is 0.0286. The van der Waals surface area contributed by atoms with Crippen molar-refractivity contribution in [2.45, 2.75) is 29.7 Å². The van der Waals surface area contributed by atoms with Crippen molar-refractivity contribution in [1.82, 2.24) is 19.4 Å². The zero-order valence-electron chi connectivity index (χ0n) is 21.8. The molecule has 3 aromatic rings. The topological polar surface area (TPSA) is 72.3 Å². The largest absolute Gasteiger partial charge is 0.502 e. The van der Waals surface area contributed by atoms with E-state index < -0.39 is 11.2 Å². The van der Waals surface area contributed by atoms with E-state index >= 15 is 0 Å². The summed E-state index contributed by atoms with van der Waals surface area (Å²) in [5, 5.41) is 13.0. The Labute approximate surface area is 227 Å². The van der Waals surface area contributed by atoms with Crippen LogP contribution in [0.3, 0.4) is 0 Å². The lowest BCUT2D eigenvalue weighted by Gasteiger charge is -2.46. The molecule has 1 saturated heterocycles. The first-order valence-corrected chi connectivity index (χ1v) is 14.1. The smallest absolute Gasteiger partial charge is 0.278 e.